The van der Waals surface area contributed by atoms with Gasteiger partial charge in [-0.1, -0.05) is 0 Å². The van der Waals surface area contributed by atoms with Crippen molar-refractivity contribution < 1.29 is 19.4 Å². The van der Waals surface area contributed by atoms with E-state index in [-0.39, 0.29) is 29.0 Å². The lowest BCUT2D eigenvalue weighted by Crippen LogP contribution is -2.54. The van der Waals surface area contributed by atoms with Crippen molar-refractivity contribution in [1.29, 1.82) is 5.41 Å². The molecule has 3 N–H and O–H groups in total. The maximum atomic E-state index is 11.6. The lowest BCUT2D eigenvalue weighted by atomic mass is 9.77. The van der Waals surface area contributed by atoms with Gasteiger partial charge in [-0.3, -0.25) is 15.2 Å². The number of ether oxygens (including phenoxy) is 1. The van der Waals surface area contributed by atoms with Crippen molar-refractivity contribution in [3.63, 3.8) is 0 Å². The van der Waals surface area contributed by atoms with Gasteiger partial charge in [0.15, 0.2) is 0 Å². The Morgan fingerprint density at radius 2 is 2.43 bits per heavy atom. The molecule has 4 atom stereocenters. The number of rotatable bonds is 7. The van der Waals surface area contributed by atoms with Gasteiger partial charge in [-0.15, -0.1) is 11.8 Å². The van der Waals surface area contributed by atoms with Crippen molar-refractivity contribution in [1.82, 2.24) is 5.32 Å². The molecule has 0 saturated carbocycles. The van der Waals surface area contributed by atoms with Crippen LogP contribution in [0.1, 0.15) is 20.3 Å². The van der Waals surface area contributed by atoms with Crippen LogP contribution in [-0.4, -0.2) is 58.3 Å². The number of hydrogen-bond donors (Lipinski definition) is 3. The third kappa shape index (κ3) is 3.04. The predicted molar refractivity (Wildman–Crippen MR) is 80.2 cm³/mol. The summed E-state index contributed by atoms with van der Waals surface area (Å²) in [4.78, 5) is 27.4. The van der Waals surface area contributed by atoms with E-state index in [4.69, 9.17) is 10.1 Å². The van der Waals surface area contributed by atoms with Crippen molar-refractivity contribution >= 4 is 35.8 Å². The van der Waals surface area contributed by atoms with Crippen LogP contribution in [0.3, 0.4) is 0 Å². The molecule has 0 aromatic rings. The minimum atomic E-state index is -1.03. The first kappa shape index (κ1) is 15.8. The fraction of sp³-hybridized carbons (Fsp3) is 0.692. The van der Waals surface area contributed by atoms with Gasteiger partial charge in [0.1, 0.15) is 17.7 Å². The van der Waals surface area contributed by atoms with Crippen LogP contribution in [0.25, 0.3) is 0 Å². The van der Waals surface area contributed by atoms with Crippen LogP contribution in [0.4, 0.5) is 0 Å². The van der Waals surface area contributed by atoms with Crippen molar-refractivity contribution in [3.05, 3.63) is 0 Å². The number of carboxylic acid groups (broad SMARTS) is 1. The molecule has 2 aliphatic rings. The monoisotopic (exact) mass is 313 g/mol. The minimum Gasteiger partial charge on any atom is -0.477 e. The average Bonchev–Trinajstić information content (AvgIpc) is 2.72. The molecule has 21 heavy (non-hydrogen) atoms. The summed E-state index contributed by atoms with van der Waals surface area (Å²) in [7, 11) is 0. The minimum absolute atomic E-state index is 0.129. The molecule has 0 amide bonds. The zero-order valence-electron chi connectivity index (χ0n) is 12.0. The third-order valence-corrected chi connectivity index (χ3v) is 5.09. The van der Waals surface area contributed by atoms with E-state index in [1.807, 2.05) is 13.8 Å². The molecule has 0 spiro atoms. The molecule has 0 bridgehead atoms. The highest BCUT2D eigenvalue weighted by atomic mass is 32.2. The van der Waals surface area contributed by atoms with Crippen molar-refractivity contribution in [2.24, 2.45) is 10.9 Å². The van der Waals surface area contributed by atoms with E-state index in [2.05, 4.69) is 10.3 Å². The molecule has 0 aromatic carbocycles. The Morgan fingerprint density at radius 1 is 1.71 bits per heavy atom. The highest BCUT2D eigenvalue weighted by Gasteiger charge is 2.56. The van der Waals surface area contributed by atoms with Crippen molar-refractivity contribution in [2.45, 2.75) is 37.2 Å². The number of carbonyl (C=O) groups is 2. The first-order chi connectivity index (χ1) is 9.89. The standard InChI is InChI=1S/C13H19N3O4S/c1-7-9(12(19)20-7)13(2)5-8(10(16-13)11(17)18)21-4-3-15-6-14/h6-9H,3-5H2,1-2H3,(H2,14,15)(H,17,18)/t7-,8?,9+,13-/m1/s1. The average molecular weight is 313 g/mol. The zero-order valence-corrected chi connectivity index (χ0v) is 12.8. The Bertz CT molecular complexity index is 496. The number of nitrogens with one attached hydrogen (secondary N) is 2. The van der Waals surface area contributed by atoms with Crippen molar-refractivity contribution in [3.8, 4) is 0 Å². The fourth-order valence-corrected chi connectivity index (χ4v) is 4.21. The van der Waals surface area contributed by atoms with Crippen LogP contribution in [0.2, 0.25) is 0 Å². The largest absolute Gasteiger partial charge is 0.477 e. The zero-order chi connectivity index (χ0) is 15.6. The van der Waals surface area contributed by atoms with Gasteiger partial charge in [-0.05, 0) is 20.3 Å². The predicted octanol–water partition coefficient (Wildman–Crippen LogP) is 0.534. The first-order valence-corrected chi connectivity index (χ1v) is 7.81. The van der Waals surface area contributed by atoms with Crippen molar-refractivity contribution in [2.75, 3.05) is 12.3 Å². The van der Waals surface area contributed by atoms with E-state index in [0.29, 0.717) is 18.7 Å². The van der Waals surface area contributed by atoms with E-state index >= 15 is 0 Å². The molecule has 116 valence electrons. The summed E-state index contributed by atoms with van der Waals surface area (Å²) < 4.78 is 4.98. The summed E-state index contributed by atoms with van der Waals surface area (Å²) in [6.07, 6.45) is 1.41. The van der Waals surface area contributed by atoms with Gasteiger partial charge in [-0.2, -0.15) is 0 Å². The number of aliphatic carboxylic acids is 1. The van der Waals surface area contributed by atoms with E-state index in [1.54, 1.807) is 0 Å². The third-order valence-electron chi connectivity index (χ3n) is 3.86. The van der Waals surface area contributed by atoms with Crippen LogP contribution in [-0.2, 0) is 14.3 Å². The molecule has 0 aliphatic carbocycles. The molecule has 2 rings (SSSR count). The summed E-state index contributed by atoms with van der Waals surface area (Å²) in [5.41, 5.74) is -0.570. The molecule has 1 unspecified atom stereocenters. The highest BCUT2D eigenvalue weighted by Crippen LogP contribution is 2.44. The van der Waals surface area contributed by atoms with Gasteiger partial charge in [0, 0.05) is 12.3 Å². The van der Waals surface area contributed by atoms with E-state index in [1.165, 1.54) is 11.8 Å². The highest BCUT2D eigenvalue weighted by molar-refractivity contribution is 8.00. The first-order valence-electron chi connectivity index (χ1n) is 6.76. The van der Waals surface area contributed by atoms with Gasteiger partial charge in [0.25, 0.3) is 0 Å². The number of aliphatic imine (C=N–C) groups is 1. The van der Waals surface area contributed by atoms with E-state index in [9.17, 15) is 14.7 Å². The van der Waals surface area contributed by atoms with Crippen LogP contribution < -0.4 is 5.32 Å². The molecule has 8 heteroatoms. The summed E-state index contributed by atoms with van der Waals surface area (Å²) >= 11 is 1.49. The molecule has 0 aromatic heterocycles. The summed E-state index contributed by atoms with van der Waals surface area (Å²) in [6.45, 7) is 4.23. The van der Waals surface area contributed by atoms with E-state index < -0.39 is 11.5 Å². The quantitative estimate of drug-likeness (QED) is 0.274. The van der Waals surface area contributed by atoms with Crippen LogP contribution in [0, 0.1) is 11.3 Å². The lowest BCUT2D eigenvalue weighted by Gasteiger charge is -2.41. The Morgan fingerprint density at radius 3 is 2.95 bits per heavy atom. The molecule has 2 heterocycles. The Kier molecular flexibility index (Phi) is 4.55. The van der Waals surface area contributed by atoms with Gasteiger partial charge in [-0.25, -0.2) is 4.79 Å². The maximum absolute atomic E-state index is 11.6. The van der Waals surface area contributed by atoms with Gasteiger partial charge in [0.2, 0.25) is 0 Å². The Balaban J connectivity index is 2.08. The number of nitrogens with zero attached hydrogens (tertiary/aromatic N) is 1. The second-order valence-corrected chi connectivity index (χ2v) is 6.75. The second kappa shape index (κ2) is 6.05. The molecule has 2 aliphatic heterocycles. The summed E-state index contributed by atoms with van der Waals surface area (Å²) in [5.74, 6) is -1.02. The van der Waals surface area contributed by atoms with Crippen LogP contribution >= 0.6 is 11.8 Å². The number of carboxylic acids is 1. The molecule has 7 nitrogen and oxygen atoms in total. The topological polar surface area (TPSA) is 112 Å². The van der Waals surface area contributed by atoms with Gasteiger partial charge < -0.3 is 15.2 Å². The van der Waals surface area contributed by atoms with Gasteiger partial charge in [0.05, 0.1) is 17.1 Å². The molecule has 1 fully saturated rings. The Hall–Kier alpha value is -1.57. The second-order valence-electron chi connectivity index (χ2n) is 5.44. The van der Waals surface area contributed by atoms with E-state index in [0.717, 1.165) is 6.34 Å². The number of carbonyl (C=O) groups excluding carboxylic acids is 1. The molecule has 0 radical (unpaired) electrons. The normalized spacial score (nSPS) is 34.7. The fourth-order valence-electron chi connectivity index (χ4n) is 2.92. The summed E-state index contributed by atoms with van der Waals surface area (Å²) in [6, 6.07) is 0. The van der Waals surface area contributed by atoms with Gasteiger partial charge >= 0.3 is 11.9 Å². The van der Waals surface area contributed by atoms with Crippen LogP contribution in [0.5, 0.6) is 0 Å². The molecule has 1 saturated heterocycles. The molecular weight excluding hydrogens is 294 g/mol. The molecular formula is C13H19N3O4S. The van der Waals surface area contributed by atoms with Crippen LogP contribution in [0.15, 0.2) is 4.99 Å². The smallest absolute Gasteiger partial charge is 0.350 e. The number of thioether (sulfide) groups is 1. The summed E-state index contributed by atoms with van der Waals surface area (Å²) in [5, 5.41) is 18.7. The lowest BCUT2D eigenvalue weighted by molar-refractivity contribution is -0.188. The number of esters is 1. The number of hydrogen-bond acceptors (Lipinski definition) is 6. The SMILES string of the molecule is C[C@H]1OC(=O)[C@H]1[C@@]1(C)CC(SCCNC=N)C(C(=O)O)=N1. The Labute approximate surface area is 127 Å². The number of cyclic esters (lactones) is 1. The maximum Gasteiger partial charge on any atom is 0.350 e.